The standard InChI is InChI=1S/C10H6N2OS/c14-10-11-7-4-3-6-2-1-5-13-9(6)8(7)12-10/h1-4H,5H2. The molecule has 1 aromatic rings. The number of hydrogen-bond donors (Lipinski definition) is 0. The second-order valence-electron chi connectivity index (χ2n) is 3.07. The van der Waals surface area contributed by atoms with Gasteiger partial charge in [-0.15, -0.1) is 0 Å². The molecule has 14 heavy (non-hydrogen) atoms. The zero-order chi connectivity index (χ0) is 9.54. The van der Waals surface area contributed by atoms with Crippen molar-refractivity contribution in [3.63, 3.8) is 0 Å². The van der Waals surface area contributed by atoms with E-state index in [2.05, 4.69) is 9.98 Å². The first-order valence-corrected chi connectivity index (χ1v) is 4.69. The molecule has 0 fully saturated rings. The number of hydrogen-bond acceptors (Lipinski definition) is 2. The molecule has 0 bridgehead atoms. The molecule has 0 saturated heterocycles. The summed E-state index contributed by atoms with van der Waals surface area (Å²) in [6, 6.07) is 3.88. The zero-order valence-corrected chi connectivity index (χ0v) is 8.04. The molecule has 0 radical (unpaired) electrons. The first-order chi connectivity index (χ1) is 6.84. The summed E-state index contributed by atoms with van der Waals surface area (Å²) in [5.41, 5.74) is 1.04. The second kappa shape index (κ2) is 2.72. The Morgan fingerprint density at radius 1 is 1.29 bits per heavy atom. The van der Waals surface area contributed by atoms with Crippen molar-refractivity contribution >= 4 is 23.4 Å². The van der Waals surface area contributed by atoms with Crippen molar-refractivity contribution in [2.45, 2.75) is 0 Å². The van der Waals surface area contributed by atoms with E-state index in [0.29, 0.717) is 11.7 Å². The predicted molar refractivity (Wildman–Crippen MR) is 55.9 cm³/mol. The van der Waals surface area contributed by atoms with Gasteiger partial charge in [-0.1, -0.05) is 6.08 Å². The average molecular weight is 202 g/mol. The lowest BCUT2D eigenvalue weighted by Crippen LogP contribution is -2.26. The van der Waals surface area contributed by atoms with Crippen molar-refractivity contribution in [1.82, 2.24) is 0 Å². The van der Waals surface area contributed by atoms with Crippen LogP contribution in [0.4, 0.5) is 0 Å². The van der Waals surface area contributed by atoms with E-state index in [9.17, 15) is 0 Å². The SMILES string of the molecule is S=C1N=c2ccc3c(c2=N1)OCC=C3. The van der Waals surface area contributed by atoms with Crippen LogP contribution < -0.4 is 15.5 Å². The summed E-state index contributed by atoms with van der Waals surface area (Å²) in [4.78, 5) is 8.29. The predicted octanol–water partition coefficient (Wildman–Crippen LogP) is 0.630. The van der Waals surface area contributed by atoms with Gasteiger partial charge in [0.15, 0.2) is 5.75 Å². The fraction of sp³-hybridized carbons (Fsp3) is 0.100. The van der Waals surface area contributed by atoms with Crippen LogP contribution in [0.1, 0.15) is 5.56 Å². The van der Waals surface area contributed by atoms with Crippen LogP contribution in [0.15, 0.2) is 28.2 Å². The number of nitrogens with zero attached hydrogens (tertiary/aromatic N) is 2. The lowest BCUT2D eigenvalue weighted by Gasteiger charge is -2.10. The molecular formula is C10H6N2OS. The summed E-state index contributed by atoms with van der Waals surface area (Å²) >= 11 is 4.92. The molecule has 68 valence electrons. The van der Waals surface area contributed by atoms with Crippen LogP contribution in [0.25, 0.3) is 6.08 Å². The molecule has 0 spiro atoms. The molecule has 3 rings (SSSR count). The van der Waals surface area contributed by atoms with Crippen molar-refractivity contribution in [3.05, 3.63) is 34.5 Å². The van der Waals surface area contributed by atoms with Crippen LogP contribution in [0, 0.1) is 0 Å². The van der Waals surface area contributed by atoms with Gasteiger partial charge in [-0.05, 0) is 30.4 Å². The van der Waals surface area contributed by atoms with E-state index in [1.807, 2.05) is 24.3 Å². The number of rotatable bonds is 0. The van der Waals surface area contributed by atoms with Gasteiger partial charge >= 0.3 is 0 Å². The monoisotopic (exact) mass is 202 g/mol. The van der Waals surface area contributed by atoms with Crippen LogP contribution in [-0.4, -0.2) is 11.7 Å². The van der Waals surface area contributed by atoms with E-state index in [-0.39, 0.29) is 0 Å². The quantitative estimate of drug-likeness (QED) is 0.578. The Kier molecular flexibility index (Phi) is 1.52. The molecule has 0 aliphatic carbocycles. The van der Waals surface area contributed by atoms with Gasteiger partial charge in [0, 0.05) is 5.56 Å². The highest BCUT2D eigenvalue weighted by molar-refractivity contribution is 7.80. The molecule has 0 aromatic heterocycles. The van der Waals surface area contributed by atoms with Crippen LogP contribution >= 0.6 is 12.2 Å². The highest BCUT2D eigenvalue weighted by Crippen LogP contribution is 2.17. The van der Waals surface area contributed by atoms with Gasteiger partial charge in [-0.25, -0.2) is 9.98 Å². The lowest BCUT2D eigenvalue weighted by atomic mass is 10.1. The molecule has 4 heteroatoms. The minimum atomic E-state index is 0.381. The minimum absolute atomic E-state index is 0.381. The van der Waals surface area contributed by atoms with Gasteiger partial charge in [-0.3, -0.25) is 0 Å². The van der Waals surface area contributed by atoms with Crippen LogP contribution in [0.5, 0.6) is 5.75 Å². The van der Waals surface area contributed by atoms with Crippen LogP contribution in [-0.2, 0) is 0 Å². The summed E-state index contributed by atoms with van der Waals surface area (Å²) in [6.45, 7) is 0.589. The highest BCUT2D eigenvalue weighted by Gasteiger charge is 2.12. The average Bonchev–Trinajstić information content (AvgIpc) is 2.59. The topological polar surface area (TPSA) is 34.0 Å². The molecule has 0 N–H and O–H groups in total. The van der Waals surface area contributed by atoms with Crippen molar-refractivity contribution < 1.29 is 4.74 Å². The minimum Gasteiger partial charge on any atom is -0.487 e. The zero-order valence-electron chi connectivity index (χ0n) is 7.23. The maximum Gasteiger partial charge on any atom is 0.220 e. The smallest absolute Gasteiger partial charge is 0.220 e. The summed E-state index contributed by atoms with van der Waals surface area (Å²) < 4.78 is 5.51. The molecule has 2 aliphatic rings. The molecule has 0 atom stereocenters. The van der Waals surface area contributed by atoms with Crippen molar-refractivity contribution in [2.24, 2.45) is 9.98 Å². The Bertz CT molecular complexity index is 575. The normalized spacial score (nSPS) is 16.4. The van der Waals surface area contributed by atoms with E-state index in [1.165, 1.54) is 0 Å². The van der Waals surface area contributed by atoms with E-state index in [0.717, 1.165) is 22.0 Å². The van der Waals surface area contributed by atoms with Gasteiger partial charge in [0.1, 0.15) is 12.0 Å². The summed E-state index contributed by atoms with van der Waals surface area (Å²) in [5, 5.41) is 1.97. The second-order valence-corrected chi connectivity index (χ2v) is 3.44. The largest absolute Gasteiger partial charge is 0.487 e. The number of ether oxygens (including phenoxy) is 1. The summed E-state index contributed by atoms with van der Waals surface area (Å²) in [5.74, 6) is 0.800. The molecule has 0 amide bonds. The fourth-order valence-corrected chi connectivity index (χ4v) is 1.78. The number of benzene rings is 1. The molecule has 1 aromatic carbocycles. The summed E-state index contributed by atoms with van der Waals surface area (Å²) in [6.07, 6.45) is 4.00. The Morgan fingerprint density at radius 2 is 2.21 bits per heavy atom. The molecule has 2 aliphatic heterocycles. The third-order valence-corrected chi connectivity index (χ3v) is 2.37. The van der Waals surface area contributed by atoms with E-state index in [4.69, 9.17) is 17.0 Å². The summed E-state index contributed by atoms with van der Waals surface area (Å²) in [7, 11) is 0. The van der Waals surface area contributed by atoms with Crippen LogP contribution in [0.2, 0.25) is 0 Å². The van der Waals surface area contributed by atoms with Gasteiger partial charge in [-0.2, -0.15) is 0 Å². The molecular weight excluding hydrogens is 196 g/mol. The maximum absolute atomic E-state index is 5.51. The van der Waals surface area contributed by atoms with Crippen molar-refractivity contribution in [2.75, 3.05) is 6.61 Å². The van der Waals surface area contributed by atoms with E-state index in [1.54, 1.807) is 0 Å². The first kappa shape index (κ1) is 7.82. The Labute approximate surface area is 85.5 Å². The molecule has 2 heterocycles. The highest BCUT2D eigenvalue weighted by atomic mass is 32.1. The third-order valence-electron chi connectivity index (χ3n) is 2.19. The van der Waals surface area contributed by atoms with Crippen LogP contribution in [0.3, 0.4) is 0 Å². The number of thiocarbonyl (C=S) groups is 1. The van der Waals surface area contributed by atoms with Crippen molar-refractivity contribution in [1.29, 1.82) is 0 Å². The van der Waals surface area contributed by atoms with E-state index >= 15 is 0 Å². The Hall–Kier alpha value is -1.55. The third kappa shape index (κ3) is 1.01. The number of fused-ring (bicyclic) bond motifs is 3. The maximum atomic E-state index is 5.51. The van der Waals surface area contributed by atoms with E-state index < -0.39 is 0 Å². The van der Waals surface area contributed by atoms with Gasteiger partial charge < -0.3 is 4.74 Å². The molecule has 3 nitrogen and oxygen atoms in total. The van der Waals surface area contributed by atoms with Gasteiger partial charge in [0.2, 0.25) is 5.11 Å². The van der Waals surface area contributed by atoms with Gasteiger partial charge in [0.25, 0.3) is 0 Å². The molecule has 0 unspecified atom stereocenters. The Morgan fingerprint density at radius 3 is 3.14 bits per heavy atom. The fourth-order valence-electron chi connectivity index (χ4n) is 1.59. The molecule has 0 saturated carbocycles. The van der Waals surface area contributed by atoms with Crippen molar-refractivity contribution in [3.8, 4) is 5.75 Å². The van der Waals surface area contributed by atoms with Gasteiger partial charge in [0.05, 0.1) is 5.36 Å². The first-order valence-electron chi connectivity index (χ1n) is 4.28. The Balaban J connectivity index is 2.44. The lowest BCUT2D eigenvalue weighted by molar-refractivity contribution is 0.354.